The molecule has 1 atom stereocenters. The van der Waals surface area contributed by atoms with Crippen LogP contribution in [0.5, 0.6) is 0 Å². The third-order valence-corrected chi connectivity index (χ3v) is 6.04. The molecule has 35 heavy (non-hydrogen) atoms. The van der Waals surface area contributed by atoms with E-state index in [-0.39, 0.29) is 23.7 Å². The van der Waals surface area contributed by atoms with Crippen molar-refractivity contribution in [3.8, 4) is 0 Å². The van der Waals surface area contributed by atoms with Crippen molar-refractivity contribution in [2.75, 3.05) is 11.1 Å². The molecule has 0 aliphatic carbocycles. The molecule has 0 aliphatic rings. The van der Waals surface area contributed by atoms with E-state index < -0.39 is 12.0 Å². The minimum Gasteiger partial charge on any atom is -0.459 e. The van der Waals surface area contributed by atoms with Crippen molar-refractivity contribution in [2.24, 2.45) is 7.05 Å². The fraction of sp³-hybridized carbons (Fsp3) is 0.292. The van der Waals surface area contributed by atoms with E-state index >= 15 is 0 Å². The number of hydrogen-bond acceptors (Lipinski definition) is 7. The van der Waals surface area contributed by atoms with E-state index in [1.54, 1.807) is 80.9 Å². The Kier molecular flexibility index (Phi) is 8.89. The van der Waals surface area contributed by atoms with E-state index in [1.165, 1.54) is 11.8 Å². The van der Waals surface area contributed by atoms with E-state index in [2.05, 4.69) is 20.8 Å². The second kappa shape index (κ2) is 11.9. The number of benzene rings is 2. The molecule has 2 aromatic carbocycles. The number of halogens is 1. The molecule has 2 N–H and O–H groups in total. The number of ether oxygens (including phenoxy) is 1. The van der Waals surface area contributed by atoms with Gasteiger partial charge in [0.05, 0.1) is 23.5 Å². The van der Waals surface area contributed by atoms with Gasteiger partial charge in [0.15, 0.2) is 11.0 Å². The second-order valence-corrected chi connectivity index (χ2v) is 9.35. The summed E-state index contributed by atoms with van der Waals surface area (Å²) in [7, 11) is 1.77. The number of hydrogen-bond donors (Lipinski definition) is 2. The molecule has 0 spiro atoms. The van der Waals surface area contributed by atoms with Gasteiger partial charge in [-0.3, -0.25) is 9.59 Å². The third-order valence-electron chi connectivity index (χ3n) is 4.77. The van der Waals surface area contributed by atoms with Gasteiger partial charge in [-0.1, -0.05) is 29.4 Å². The lowest BCUT2D eigenvalue weighted by Crippen LogP contribution is -2.28. The molecule has 0 saturated heterocycles. The molecule has 3 rings (SSSR count). The highest BCUT2D eigenvalue weighted by molar-refractivity contribution is 7.99. The minimum absolute atomic E-state index is 0.0815. The van der Waals surface area contributed by atoms with E-state index in [9.17, 15) is 14.4 Å². The highest BCUT2D eigenvalue weighted by Gasteiger charge is 2.19. The van der Waals surface area contributed by atoms with Crippen molar-refractivity contribution < 1.29 is 19.1 Å². The minimum atomic E-state index is -0.450. The molecule has 2 amide bonds. The molecule has 0 bridgehead atoms. The first-order valence-corrected chi connectivity index (χ1v) is 12.2. The molecule has 0 saturated carbocycles. The van der Waals surface area contributed by atoms with E-state index in [0.29, 0.717) is 32.8 Å². The quantitative estimate of drug-likeness (QED) is 0.323. The van der Waals surface area contributed by atoms with Gasteiger partial charge in [-0.05, 0) is 63.2 Å². The standard InChI is InChI=1S/C24H26ClN5O4S/c1-14(2)34-23(33)17-6-5-7-19(12-17)27-20(31)13-35-24-29-28-21(30(24)4)15(3)26-22(32)16-8-10-18(25)11-9-16/h5-12,14-15H,13H2,1-4H3,(H,26,32)(H,27,31)/t15-/m0/s1. The smallest absolute Gasteiger partial charge is 0.338 e. The molecule has 0 fully saturated rings. The van der Waals surface area contributed by atoms with Gasteiger partial charge in [0.1, 0.15) is 0 Å². The lowest BCUT2D eigenvalue weighted by molar-refractivity contribution is -0.113. The number of carbonyl (C=O) groups is 3. The van der Waals surface area contributed by atoms with Crippen molar-refractivity contribution in [1.82, 2.24) is 20.1 Å². The summed E-state index contributed by atoms with van der Waals surface area (Å²) in [4.78, 5) is 37.0. The Bertz CT molecular complexity index is 1210. The van der Waals surface area contributed by atoms with Crippen LogP contribution in [0.2, 0.25) is 5.02 Å². The number of nitrogens with zero attached hydrogens (tertiary/aromatic N) is 3. The van der Waals surface area contributed by atoms with Crippen LogP contribution in [0.3, 0.4) is 0 Å². The summed E-state index contributed by atoms with van der Waals surface area (Å²) in [6, 6.07) is 12.7. The Morgan fingerprint density at radius 2 is 1.77 bits per heavy atom. The number of esters is 1. The molecular weight excluding hydrogens is 490 g/mol. The van der Waals surface area contributed by atoms with Crippen molar-refractivity contribution in [3.63, 3.8) is 0 Å². The van der Waals surface area contributed by atoms with Gasteiger partial charge < -0.3 is 19.9 Å². The van der Waals surface area contributed by atoms with E-state index in [1.807, 2.05) is 0 Å². The van der Waals surface area contributed by atoms with Crippen LogP contribution in [0.4, 0.5) is 5.69 Å². The van der Waals surface area contributed by atoms with Crippen LogP contribution in [-0.2, 0) is 16.6 Å². The largest absolute Gasteiger partial charge is 0.459 e. The van der Waals surface area contributed by atoms with Crippen molar-refractivity contribution in [1.29, 1.82) is 0 Å². The molecule has 11 heteroatoms. The first-order chi connectivity index (χ1) is 16.6. The van der Waals surface area contributed by atoms with Crippen LogP contribution in [0, 0.1) is 0 Å². The van der Waals surface area contributed by atoms with Crippen molar-refractivity contribution in [2.45, 2.75) is 38.1 Å². The number of rotatable bonds is 9. The summed E-state index contributed by atoms with van der Waals surface area (Å²) >= 11 is 7.08. The average Bonchev–Trinajstić information content (AvgIpc) is 3.18. The molecule has 0 aliphatic heterocycles. The Balaban J connectivity index is 1.56. The topological polar surface area (TPSA) is 115 Å². The SMILES string of the molecule is CC(C)OC(=O)c1cccc(NC(=O)CSc2nnc([C@H](C)NC(=O)c3ccc(Cl)cc3)n2C)c1. The molecule has 1 heterocycles. The van der Waals surface area contributed by atoms with Gasteiger partial charge >= 0.3 is 5.97 Å². The fourth-order valence-electron chi connectivity index (χ4n) is 3.11. The summed E-state index contributed by atoms with van der Waals surface area (Å²) < 4.78 is 6.91. The number of carbonyl (C=O) groups excluding carboxylic acids is 3. The first-order valence-electron chi connectivity index (χ1n) is 10.8. The predicted octanol–water partition coefficient (Wildman–Crippen LogP) is 4.26. The van der Waals surface area contributed by atoms with Crippen molar-refractivity contribution >= 4 is 46.8 Å². The summed E-state index contributed by atoms with van der Waals surface area (Å²) in [6.07, 6.45) is -0.234. The number of nitrogens with one attached hydrogen (secondary N) is 2. The van der Waals surface area contributed by atoms with Gasteiger partial charge in [0.2, 0.25) is 5.91 Å². The number of anilines is 1. The zero-order valence-corrected chi connectivity index (χ0v) is 21.3. The van der Waals surface area contributed by atoms with Gasteiger partial charge in [-0.25, -0.2) is 4.79 Å². The maximum Gasteiger partial charge on any atom is 0.338 e. The zero-order chi connectivity index (χ0) is 25.5. The molecule has 1 aromatic heterocycles. The second-order valence-electron chi connectivity index (χ2n) is 7.97. The van der Waals surface area contributed by atoms with Crippen LogP contribution < -0.4 is 10.6 Å². The van der Waals surface area contributed by atoms with Crippen molar-refractivity contribution in [3.05, 3.63) is 70.5 Å². The van der Waals surface area contributed by atoms with Gasteiger partial charge in [-0.2, -0.15) is 0 Å². The predicted molar refractivity (Wildman–Crippen MR) is 135 cm³/mol. The fourth-order valence-corrected chi connectivity index (χ4v) is 3.95. The molecule has 0 radical (unpaired) electrons. The Hall–Kier alpha value is -3.37. The highest BCUT2D eigenvalue weighted by atomic mass is 35.5. The number of aromatic nitrogens is 3. The monoisotopic (exact) mass is 515 g/mol. The number of amides is 2. The van der Waals surface area contributed by atoms with E-state index in [4.69, 9.17) is 16.3 Å². The molecule has 3 aromatic rings. The first kappa shape index (κ1) is 26.2. The summed E-state index contributed by atoms with van der Waals surface area (Å²) in [5, 5.41) is 15.0. The Morgan fingerprint density at radius 3 is 2.46 bits per heavy atom. The normalized spacial score (nSPS) is 11.7. The van der Waals surface area contributed by atoms with Crippen LogP contribution in [-0.4, -0.2) is 44.4 Å². The van der Waals surface area contributed by atoms with Gasteiger partial charge in [0, 0.05) is 23.3 Å². The molecule has 9 nitrogen and oxygen atoms in total. The third kappa shape index (κ3) is 7.30. The maximum absolute atomic E-state index is 12.5. The average molecular weight is 516 g/mol. The van der Waals surface area contributed by atoms with Crippen LogP contribution in [0.1, 0.15) is 53.4 Å². The van der Waals surface area contributed by atoms with Gasteiger partial charge in [0.25, 0.3) is 5.91 Å². The highest BCUT2D eigenvalue weighted by Crippen LogP contribution is 2.20. The molecule has 184 valence electrons. The zero-order valence-electron chi connectivity index (χ0n) is 19.7. The van der Waals surface area contributed by atoms with Gasteiger partial charge in [-0.15, -0.1) is 10.2 Å². The van der Waals surface area contributed by atoms with Crippen LogP contribution >= 0.6 is 23.4 Å². The van der Waals surface area contributed by atoms with Crippen LogP contribution in [0.25, 0.3) is 0 Å². The lowest BCUT2D eigenvalue weighted by Gasteiger charge is -2.13. The Labute approximate surface area is 212 Å². The lowest BCUT2D eigenvalue weighted by atomic mass is 10.2. The summed E-state index contributed by atoms with van der Waals surface area (Å²) in [6.45, 7) is 5.34. The number of thioether (sulfide) groups is 1. The van der Waals surface area contributed by atoms with E-state index in [0.717, 1.165) is 0 Å². The Morgan fingerprint density at radius 1 is 1.06 bits per heavy atom. The summed E-state index contributed by atoms with van der Waals surface area (Å²) in [5.41, 5.74) is 1.33. The van der Waals surface area contributed by atoms with Crippen LogP contribution in [0.15, 0.2) is 53.7 Å². The summed E-state index contributed by atoms with van der Waals surface area (Å²) in [5.74, 6) is -0.345. The molecule has 0 unspecified atom stereocenters. The molecular formula is C24H26ClN5O4S. The maximum atomic E-state index is 12.5.